The van der Waals surface area contributed by atoms with Gasteiger partial charge >= 0.3 is 6.01 Å². The van der Waals surface area contributed by atoms with E-state index in [1.165, 1.54) is 0 Å². The second kappa shape index (κ2) is 8.67. The highest BCUT2D eigenvalue weighted by atomic mass is 19.1. The largest absolute Gasteiger partial charge is 0.424 e. The molecule has 3 rings (SSSR count). The normalized spacial score (nSPS) is 10.2. The molecule has 0 aliphatic carbocycles. The zero-order valence-electron chi connectivity index (χ0n) is 14.4. The van der Waals surface area contributed by atoms with Gasteiger partial charge in [-0.1, -0.05) is 0 Å². The van der Waals surface area contributed by atoms with Crippen molar-refractivity contribution in [3.63, 3.8) is 0 Å². The van der Waals surface area contributed by atoms with E-state index in [2.05, 4.69) is 20.6 Å². The van der Waals surface area contributed by atoms with Gasteiger partial charge in [0.15, 0.2) is 0 Å². The number of nitrogens with one attached hydrogen (secondary N) is 2. The van der Waals surface area contributed by atoms with Crippen LogP contribution < -0.4 is 15.4 Å². The maximum atomic E-state index is 13.5. The summed E-state index contributed by atoms with van der Waals surface area (Å²) in [7, 11) is 0. The van der Waals surface area contributed by atoms with Crippen molar-refractivity contribution in [1.29, 1.82) is 0 Å². The van der Waals surface area contributed by atoms with Gasteiger partial charge in [-0.2, -0.15) is 0 Å². The number of carbonyl (C=O) groups excluding carboxylic acids is 2. The van der Waals surface area contributed by atoms with E-state index in [1.807, 2.05) is 0 Å². The van der Waals surface area contributed by atoms with Crippen LogP contribution in [0, 0.1) is 11.6 Å². The molecule has 3 aromatic rings. The fraction of sp³-hybridized carbons (Fsp3) is 0.0526. The first-order valence-corrected chi connectivity index (χ1v) is 8.09. The number of benzene rings is 2. The van der Waals surface area contributed by atoms with Crippen LogP contribution in [-0.4, -0.2) is 28.3 Å². The lowest BCUT2D eigenvalue weighted by Crippen LogP contribution is -2.33. The molecule has 0 fully saturated rings. The Morgan fingerprint density at radius 3 is 2.39 bits per heavy atom. The summed E-state index contributed by atoms with van der Waals surface area (Å²) in [5.41, 5.74) is 0.118. The minimum Gasteiger partial charge on any atom is -0.424 e. The Bertz CT molecular complexity index is 982. The molecule has 1 aromatic heterocycles. The monoisotopic (exact) mass is 384 g/mol. The number of amides is 2. The van der Waals surface area contributed by atoms with Crippen molar-refractivity contribution in [2.24, 2.45) is 0 Å². The molecule has 0 aliphatic heterocycles. The Labute approximate surface area is 158 Å². The summed E-state index contributed by atoms with van der Waals surface area (Å²) < 4.78 is 31.8. The van der Waals surface area contributed by atoms with Crippen molar-refractivity contribution in [2.75, 3.05) is 11.9 Å². The summed E-state index contributed by atoms with van der Waals surface area (Å²) >= 11 is 0. The van der Waals surface area contributed by atoms with E-state index in [1.54, 1.807) is 42.7 Å². The predicted octanol–water partition coefficient (Wildman–Crippen LogP) is 2.92. The number of halogens is 2. The lowest BCUT2D eigenvalue weighted by Gasteiger charge is -2.08. The first-order valence-electron chi connectivity index (χ1n) is 8.09. The van der Waals surface area contributed by atoms with Crippen LogP contribution in [0.4, 0.5) is 14.5 Å². The molecule has 0 aliphatic rings. The molecule has 0 radical (unpaired) electrons. The molecule has 0 atom stereocenters. The lowest BCUT2D eigenvalue weighted by molar-refractivity contribution is -0.115. The molecule has 0 saturated carbocycles. The third-order valence-electron chi connectivity index (χ3n) is 3.47. The Hall–Kier alpha value is -3.88. The van der Waals surface area contributed by atoms with Crippen LogP contribution in [0.15, 0.2) is 60.9 Å². The molecule has 0 unspecified atom stereocenters. The van der Waals surface area contributed by atoms with Gasteiger partial charge in [0.25, 0.3) is 5.91 Å². The van der Waals surface area contributed by atoms with Gasteiger partial charge in [0.05, 0.1) is 12.1 Å². The van der Waals surface area contributed by atoms with Crippen molar-refractivity contribution < 1.29 is 23.1 Å². The van der Waals surface area contributed by atoms with Gasteiger partial charge in [0, 0.05) is 24.1 Å². The first kappa shape index (κ1) is 18.9. The Kier molecular flexibility index (Phi) is 5.85. The maximum absolute atomic E-state index is 13.5. The van der Waals surface area contributed by atoms with Crippen LogP contribution in [-0.2, 0) is 4.79 Å². The van der Waals surface area contributed by atoms with Crippen LogP contribution in [0.5, 0.6) is 11.8 Å². The van der Waals surface area contributed by atoms with Crippen LogP contribution in [0.2, 0.25) is 0 Å². The number of hydrogen-bond donors (Lipinski definition) is 2. The number of aromatic nitrogens is 2. The molecule has 0 spiro atoms. The molecule has 1 heterocycles. The minimum atomic E-state index is -1.00. The SMILES string of the molecule is O=C(CNC(=O)c1ccc(F)cc1F)Nc1ccc(Oc2ncccn2)cc1. The van der Waals surface area contributed by atoms with E-state index < -0.39 is 23.4 Å². The molecule has 0 saturated heterocycles. The second-order valence-electron chi connectivity index (χ2n) is 5.51. The number of anilines is 1. The fourth-order valence-corrected chi connectivity index (χ4v) is 2.18. The molecule has 7 nitrogen and oxygen atoms in total. The van der Waals surface area contributed by atoms with Crippen LogP contribution in [0.25, 0.3) is 0 Å². The van der Waals surface area contributed by atoms with Crippen molar-refractivity contribution in [3.8, 4) is 11.8 Å². The summed E-state index contributed by atoms with van der Waals surface area (Å²) in [6.07, 6.45) is 3.09. The van der Waals surface area contributed by atoms with E-state index in [4.69, 9.17) is 4.74 Å². The second-order valence-corrected chi connectivity index (χ2v) is 5.51. The zero-order chi connectivity index (χ0) is 19.9. The first-order chi connectivity index (χ1) is 13.5. The van der Waals surface area contributed by atoms with Gasteiger partial charge in [-0.05, 0) is 42.5 Å². The van der Waals surface area contributed by atoms with Crippen LogP contribution in [0.3, 0.4) is 0 Å². The standard InChI is InChI=1S/C19H14F2N4O3/c20-12-2-7-15(16(21)10-12)18(27)24-11-17(26)25-13-3-5-14(6-4-13)28-19-22-8-1-9-23-19/h1-10H,11H2,(H,24,27)(H,25,26). The Balaban J connectivity index is 1.51. The van der Waals surface area contributed by atoms with Gasteiger partial charge in [-0.25, -0.2) is 18.7 Å². The highest BCUT2D eigenvalue weighted by Gasteiger charge is 2.13. The van der Waals surface area contributed by atoms with Crippen LogP contribution >= 0.6 is 0 Å². The molecule has 9 heteroatoms. The topological polar surface area (TPSA) is 93.2 Å². The minimum absolute atomic E-state index is 0.190. The molecule has 2 N–H and O–H groups in total. The van der Waals surface area contributed by atoms with Gasteiger partial charge in [-0.15, -0.1) is 0 Å². The van der Waals surface area contributed by atoms with E-state index >= 15 is 0 Å². The summed E-state index contributed by atoms with van der Waals surface area (Å²) in [6, 6.07) is 10.8. The van der Waals surface area contributed by atoms with E-state index in [9.17, 15) is 18.4 Å². The van der Waals surface area contributed by atoms with Crippen molar-refractivity contribution in [1.82, 2.24) is 15.3 Å². The molecule has 2 amide bonds. The predicted molar refractivity (Wildman–Crippen MR) is 95.9 cm³/mol. The van der Waals surface area contributed by atoms with Crippen LogP contribution in [0.1, 0.15) is 10.4 Å². The summed E-state index contributed by atoms with van der Waals surface area (Å²) in [6.45, 7) is -0.383. The molecular weight excluding hydrogens is 370 g/mol. The smallest absolute Gasteiger partial charge is 0.321 e. The fourth-order valence-electron chi connectivity index (χ4n) is 2.18. The number of hydrogen-bond acceptors (Lipinski definition) is 5. The Morgan fingerprint density at radius 1 is 1.00 bits per heavy atom. The van der Waals surface area contributed by atoms with Gasteiger partial charge < -0.3 is 15.4 Å². The molecular formula is C19H14F2N4O3. The van der Waals surface area contributed by atoms with Crippen molar-refractivity contribution in [3.05, 3.63) is 78.1 Å². The third kappa shape index (κ3) is 5.07. The molecule has 2 aromatic carbocycles. The molecule has 142 valence electrons. The van der Waals surface area contributed by atoms with E-state index in [0.29, 0.717) is 17.5 Å². The number of nitrogens with zero attached hydrogens (tertiary/aromatic N) is 2. The lowest BCUT2D eigenvalue weighted by atomic mass is 10.2. The Morgan fingerprint density at radius 2 is 1.71 bits per heavy atom. The maximum Gasteiger partial charge on any atom is 0.321 e. The quantitative estimate of drug-likeness (QED) is 0.682. The van der Waals surface area contributed by atoms with Gasteiger partial charge in [0.2, 0.25) is 5.91 Å². The van der Waals surface area contributed by atoms with Crippen molar-refractivity contribution in [2.45, 2.75) is 0 Å². The number of ether oxygens (including phenoxy) is 1. The van der Waals surface area contributed by atoms with E-state index in [-0.39, 0.29) is 18.1 Å². The summed E-state index contributed by atoms with van der Waals surface area (Å²) in [4.78, 5) is 31.7. The highest BCUT2D eigenvalue weighted by molar-refractivity contribution is 5.99. The number of carbonyl (C=O) groups is 2. The van der Waals surface area contributed by atoms with E-state index in [0.717, 1.165) is 12.1 Å². The zero-order valence-corrected chi connectivity index (χ0v) is 14.4. The van der Waals surface area contributed by atoms with Gasteiger partial charge in [-0.3, -0.25) is 9.59 Å². The third-order valence-corrected chi connectivity index (χ3v) is 3.47. The van der Waals surface area contributed by atoms with Crippen molar-refractivity contribution >= 4 is 17.5 Å². The molecule has 28 heavy (non-hydrogen) atoms. The average molecular weight is 384 g/mol. The summed E-state index contributed by atoms with van der Waals surface area (Å²) in [5.74, 6) is -2.66. The highest BCUT2D eigenvalue weighted by Crippen LogP contribution is 2.19. The van der Waals surface area contributed by atoms with Gasteiger partial charge in [0.1, 0.15) is 17.4 Å². The molecule has 0 bridgehead atoms. The number of rotatable bonds is 6. The summed E-state index contributed by atoms with van der Waals surface area (Å²) in [5, 5.41) is 4.84. The average Bonchev–Trinajstić information content (AvgIpc) is 2.68.